The van der Waals surface area contributed by atoms with Gasteiger partial charge in [-0.15, -0.1) is 0 Å². The highest BCUT2D eigenvalue weighted by Crippen LogP contribution is 2.33. The molecular formula is C27H29ClN4O3. The smallest absolute Gasteiger partial charge is 0.274 e. The second-order valence-electron chi connectivity index (χ2n) is 9.46. The largest absolute Gasteiger partial charge is 0.454 e. The number of hydrogen-bond acceptors (Lipinski definition) is 5. The molecule has 0 radical (unpaired) electrons. The highest BCUT2D eigenvalue weighted by atomic mass is 35.5. The van der Waals surface area contributed by atoms with E-state index in [-0.39, 0.29) is 12.7 Å². The third-order valence-electron chi connectivity index (χ3n) is 7.18. The van der Waals surface area contributed by atoms with Crippen LogP contribution in [0.3, 0.4) is 0 Å². The van der Waals surface area contributed by atoms with Crippen LogP contribution in [0.25, 0.3) is 11.4 Å². The number of hydrogen-bond donors (Lipinski definition) is 0. The lowest BCUT2D eigenvalue weighted by Crippen LogP contribution is -2.48. The summed E-state index contributed by atoms with van der Waals surface area (Å²) >= 11 is 6.11. The third-order valence-corrected chi connectivity index (χ3v) is 7.43. The predicted molar refractivity (Wildman–Crippen MR) is 134 cm³/mol. The Kier molecular flexibility index (Phi) is 6.12. The second-order valence-corrected chi connectivity index (χ2v) is 9.89. The molecule has 0 saturated carbocycles. The summed E-state index contributed by atoms with van der Waals surface area (Å²) in [4.78, 5) is 22.9. The molecule has 0 bridgehead atoms. The molecule has 1 saturated heterocycles. The van der Waals surface area contributed by atoms with Crippen molar-refractivity contribution in [2.24, 2.45) is 0 Å². The van der Waals surface area contributed by atoms with E-state index in [0.717, 1.165) is 74.0 Å². The van der Waals surface area contributed by atoms with Crippen molar-refractivity contribution in [1.29, 1.82) is 0 Å². The van der Waals surface area contributed by atoms with Crippen molar-refractivity contribution in [1.82, 2.24) is 19.4 Å². The maximum atomic E-state index is 13.7. The topological polar surface area (TPSA) is 59.8 Å². The first-order valence-electron chi connectivity index (χ1n) is 12.4. The van der Waals surface area contributed by atoms with Crippen LogP contribution in [0.5, 0.6) is 11.5 Å². The van der Waals surface area contributed by atoms with Crippen LogP contribution in [0.15, 0.2) is 42.5 Å². The average molecular weight is 493 g/mol. The molecule has 0 atom stereocenters. The monoisotopic (exact) mass is 492 g/mol. The fourth-order valence-corrected chi connectivity index (χ4v) is 5.39. The van der Waals surface area contributed by atoms with Crippen molar-refractivity contribution in [2.45, 2.75) is 38.8 Å². The number of aromatic nitrogens is 2. The summed E-state index contributed by atoms with van der Waals surface area (Å²) < 4.78 is 13.2. The Balaban J connectivity index is 1.17. The van der Waals surface area contributed by atoms with Crippen LogP contribution in [0.1, 0.15) is 41.0 Å². The van der Waals surface area contributed by atoms with E-state index < -0.39 is 0 Å². The van der Waals surface area contributed by atoms with Gasteiger partial charge in [0.2, 0.25) is 6.79 Å². The van der Waals surface area contributed by atoms with Gasteiger partial charge in [-0.3, -0.25) is 9.69 Å². The molecule has 6 rings (SSSR count). The lowest BCUT2D eigenvalue weighted by atomic mass is 10.1. The molecule has 7 nitrogen and oxygen atoms in total. The van der Waals surface area contributed by atoms with Crippen LogP contribution < -0.4 is 9.47 Å². The van der Waals surface area contributed by atoms with E-state index in [1.54, 1.807) is 0 Å². The molecule has 35 heavy (non-hydrogen) atoms. The number of carbonyl (C=O) groups is 1. The van der Waals surface area contributed by atoms with E-state index in [4.69, 9.17) is 26.1 Å². The fourth-order valence-electron chi connectivity index (χ4n) is 5.27. The minimum Gasteiger partial charge on any atom is -0.454 e. The number of ether oxygens (including phenoxy) is 2. The minimum atomic E-state index is 0.0543. The van der Waals surface area contributed by atoms with Gasteiger partial charge in [0, 0.05) is 49.9 Å². The molecule has 3 aromatic rings. The summed E-state index contributed by atoms with van der Waals surface area (Å²) in [5, 5.41) is 0.700. The number of amides is 1. The Labute approximate surface area is 210 Å². The van der Waals surface area contributed by atoms with E-state index in [1.807, 2.05) is 35.2 Å². The Bertz CT molecular complexity index is 1230. The van der Waals surface area contributed by atoms with Gasteiger partial charge in [-0.25, -0.2) is 4.98 Å². The highest BCUT2D eigenvalue weighted by Gasteiger charge is 2.29. The molecule has 0 spiro atoms. The van der Waals surface area contributed by atoms with Gasteiger partial charge in [-0.05, 0) is 61.2 Å². The molecular weight excluding hydrogens is 464 g/mol. The number of rotatable bonds is 4. The number of carbonyl (C=O) groups excluding carboxylic acids is 1. The molecule has 0 N–H and O–H groups in total. The number of benzene rings is 2. The molecule has 0 unspecified atom stereocenters. The molecule has 8 heteroatoms. The number of fused-ring (bicyclic) bond motifs is 2. The van der Waals surface area contributed by atoms with Gasteiger partial charge in [-0.1, -0.05) is 24.1 Å². The molecule has 0 aliphatic carbocycles. The van der Waals surface area contributed by atoms with Gasteiger partial charge in [0.15, 0.2) is 11.5 Å². The zero-order valence-corrected chi connectivity index (χ0v) is 20.5. The molecule has 182 valence electrons. The summed E-state index contributed by atoms with van der Waals surface area (Å²) in [6.45, 7) is 5.09. The summed E-state index contributed by atoms with van der Waals surface area (Å²) in [5.41, 5.74) is 3.91. The molecule has 1 fully saturated rings. The predicted octanol–water partition coefficient (Wildman–Crippen LogP) is 4.62. The number of imidazole rings is 1. The molecule has 1 aromatic heterocycles. The SMILES string of the molecule is O=C(c1nc(-c2ccc(Cl)cc2)n2c1CCCCC2)N1CCN(Cc2ccc3c(c2)OCO3)CC1. The number of halogens is 1. The quantitative estimate of drug-likeness (QED) is 0.532. The summed E-state index contributed by atoms with van der Waals surface area (Å²) in [5.74, 6) is 2.55. The van der Waals surface area contributed by atoms with Gasteiger partial charge in [0.25, 0.3) is 5.91 Å². The lowest BCUT2D eigenvalue weighted by Gasteiger charge is -2.34. The molecule has 4 heterocycles. The van der Waals surface area contributed by atoms with Gasteiger partial charge in [-0.2, -0.15) is 0 Å². The van der Waals surface area contributed by atoms with E-state index in [2.05, 4.69) is 21.6 Å². The molecule has 2 aromatic carbocycles. The minimum absolute atomic E-state index is 0.0543. The zero-order valence-electron chi connectivity index (χ0n) is 19.7. The van der Waals surface area contributed by atoms with Crippen molar-refractivity contribution in [3.05, 3.63) is 64.4 Å². The van der Waals surface area contributed by atoms with Crippen molar-refractivity contribution in [3.63, 3.8) is 0 Å². The van der Waals surface area contributed by atoms with E-state index >= 15 is 0 Å². The van der Waals surface area contributed by atoms with Gasteiger partial charge < -0.3 is 18.9 Å². The first-order chi connectivity index (χ1) is 17.2. The zero-order chi connectivity index (χ0) is 23.8. The second kappa shape index (κ2) is 9.55. The normalized spacial score (nSPS) is 17.8. The van der Waals surface area contributed by atoms with Crippen LogP contribution in [0, 0.1) is 0 Å². The Morgan fingerprint density at radius 3 is 2.54 bits per heavy atom. The third kappa shape index (κ3) is 4.50. The first kappa shape index (κ1) is 22.4. The van der Waals surface area contributed by atoms with Crippen LogP contribution in [-0.2, 0) is 19.5 Å². The highest BCUT2D eigenvalue weighted by molar-refractivity contribution is 6.30. The molecule has 3 aliphatic heterocycles. The average Bonchev–Trinajstić information content (AvgIpc) is 3.41. The number of piperazine rings is 1. The van der Waals surface area contributed by atoms with Crippen molar-refractivity contribution in [3.8, 4) is 22.9 Å². The Morgan fingerprint density at radius 1 is 0.914 bits per heavy atom. The van der Waals surface area contributed by atoms with E-state index in [9.17, 15) is 4.79 Å². The van der Waals surface area contributed by atoms with Crippen molar-refractivity contribution < 1.29 is 14.3 Å². The summed E-state index contributed by atoms with van der Waals surface area (Å²) in [6, 6.07) is 13.9. The Hall–Kier alpha value is -3.03. The van der Waals surface area contributed by atoms with Crippen LogP contribution in [0.4, 0.5) is 0 Å². The standard InChI is InChI=1S/C27H29ClN4O3/c28-21-8-6-20(7-9-21)26-29-25(22-4-2-1-3-11-32(22)26)27(33)31-14-12-30(13-15-31)17-19-5-10-23-24(16-19)35-18-34-23/h5-10,16H,1-4,11-15,17-18H2. The summed E-state index contributed by atoms with van der Waals surface area (Å²) in [6.07, 6.45) is 4.27. The lowest BCUT2D eigenvalue weighted by molar-refractivity contribution is 0.0622. The van der Waals surface area contributed by atoms with Crippen LogP contribution in [0.2, 0.25) is 5.02 Å². The van der Waals surface area contributed by atoms with E-state index in [1.165, 1.54) is 12.0 Å². The molecule has 3 aliphatic rings. The fraction of sp³-hybridized carbons (Fsp3) is 0.407. The van der Waals surface area contributed by atoms with Crippen LogP contribution in [-0.4, -0.2) is 58.2 Å². The first-order valence-corrected chi connectivity index (χ1v) is 12.8. The maximum Gasteiger partial charge on any atom is 0.274 e. The Morgan fingerprint density at radius 2 is 1.71 bits per heavy atom. The van der Waals surface area contributed by atoms with Gasteiger partial charge in [0.1, 0.15) is 11.5 Å². The van der Waals surface area contributed by atoms with Crippen molar-refractivity contribution in [2.75, 3.05) is 33.0 Å². The van der Waals surface area contributed by atoms with Gasteiger partial charge in [0.05, 0.1) is 5.69 Å². The van der Waals surface area contributed by atoms with E-state index in [0.29, 0.717) is 23.8 Å². The number of nitrogens with zero attached hydrogens (tertiary/aromatic N) is 4. The molecule has 1 amide bonds. The van der Waals surface area contributed by atoms with Gasteiger partial charge >= 0.3 is 0 Å². The maximum absolute atomic E-state index is 13.7. The van der Waals surface area contributed by atoms with Crippen molar-refractivity contribution >= 4 is 17.5 Å². The van der Waals surface area contributed by atoms with Crippen LogP contribution >= 0.6 is 11.6 Å². The summed E-state index contributed by atoms with van der Waals surface area (Å²) in [7, 11) is 0.